The van der Waals surface area contributed by atoms with Crippen LogP contribution in [0.1, 0.15) is 42.4 Å². The van der Waals surface area contributed by atoms with Gasteiger partial charge in [-0.15, -0.1) is 0 Å². The monoisotopic (exact) mass is 590 g/mol. The molecule has 2 aromatic carbocycles. The molecule has 0 unspecified atom stereocenters. The van der Waals surface area contributed by atoms with E-state index in [1.54, 1.807) is 0 Å². The van der Waals surface area contributed by atoms with Gasteiger partial charge in [0.2, 0.25) is 18.0 Å². The van der Waals surface area contributed by atoms with Crippen molar-refractivity contribution in [1.29, 1.82) is 0 Å². The molecule has 0 saturated carbocycles. The number of halogens is 7. The van der Waals surface area contributed by atoms with Crippen LogP contribution < -0.4 is 16.4 Å². The molecule has 3 rings (SSSR count). The summed E-state index contributed by atoms with van der Waals surface area (Å²) in [4.78, 5) is 42.6. The molecule has 0 spiro atoms. The Kier molecular flexibility index (Phi) is 9.73. The lowest BCUT2D eigenvalue weighted by molar-refractivity contribution is -0.152. The summed E-state index contributed by atoms with van der Waals surface area (Å²) in [5.41, 5.74) is 5.77. The van der Waals surface area contributed by atoms with Crippen molar-refractivity contribution < 1.29 is 50.2 Å². The van der Waals surface area contributed by atoms with E-state index in [0.29, 0.717) is 0 Å². The number of rotatable bonds is 10. The third-order valence-corrected chi connectivity index (χ3v) is 6.37. The molecule has 41 heavy (non-hydrogen) atoms. The number of carbonyl (C=O) groups is 3. The summed E-state index contributed by atoms with van der Waals surface area (Å²) >= 11 is 0. The highest BCUT2D eigenvalue weighted by Gasteiger charge is 2.40. The topological polar surface area (TPSA) is 134 Å². The van der Waals surface area contributed by atoms with Gasteiger partial charge in [0.1, 0.15) is 5.82 Å². The number of amides is 3. The number of hydrogen-bond acceptors (Lipinski definition) is 5. The van der Waals surface area contributed by atoms with E-state index in [-0.39, 0.29) is 28.1 Å². The van der Waals surface area contributed by atoms with Crippen molar-refractivity contribution in [1.82, 2.24) is 5.32 Å². The van der Waals surface area contributed by atoms with Gasteiger partial charge >= 0.3 is 12.4 Å². The second-order valence-electron chi connectivity index (χ2n) is 9.31. The molecule has 3 atom stereocenters. The van der Waals surface area contributed by atoms with Crippen LogP contribution in [-0.4, -0.2) is 47.1 Å². The van der Waals surface area contributed by atoms with E-state index < -0.39 is 86.2 Å². The molecule has 0 fully saturated rings. The first-order chi connectivity index (χ1) is 19.1. The van der Waals surface area contributed by atoms with E-state index >= 15 is 0 Å². The van der Waals surface area contributed by atoms with Crippen LogP contribution >= 0.6 is 0 Å². The van der Waals surface area contributed by atoms with Gasteiger partial charge in [-0.1, -0.05) is 30.3 Å². The third-order valence-electron chi connectivity index (χ3n) is 6.37. The van der Waals surface area contributed by atoms with Crippen molar-refractivity contribution in [2.45, 2.75) is 50.8 Å². The zero-order valence-electron chi connectivity index (χ0n) is 21.2. The van der Waals surface area contributed by atoms with Gasteiger partial charge in [-0.2, -0.15) is 26.3 Å². The minimum absolute atomic E-state index is 0.0474. The lowest BCUT2D eigenvalue weighted by Crippen LogP contribution is -2.48. The molecule has 0 aliphatic carbocycles. The maximum atomic E-state index is 14.1. The Labute approximate surface area is 228 Å². The van der Waals surface area contributed by atoms with Crippen LogP contribution in [0.15, 0.2) is 47.5 Å². The number of nitrogens with zero attached hydrogens (tertiary/aromatic N) is 1. The number of aliphatic hydroxyl groups excluding tert-OH is 1. The maximum absolute atomic E-state index is 14.1. The van der Waals surface area contributed by atoms with Gasteiger partial charge in [0.25, 0.3) is 5.91 Å². The highest BCUT2D eigenvalue weighted by atomic mass is 19.4. The average Bonchev–Trinajstić information content (AvgIpc) is 3.00. The van der Waals surface area contributed by atoms with Gasteiger partial charge in [-0.3, -0.25) is 14.4 Å². The molecule has 1 aliphatic heterocycles. The fourth-order valence-corrected chi connectivity index (χ4v) is 4.43. The molecule has 3 amide bonds. The zero-order valence-corrected chi connectivity index (χ0v) is 21.2. The largest absolute Gasteiger partial charge is 0.392 e. The minimum atomic E-state index is -4.82. The summed E-state index contributed by atoms with van der Waals surface area (Å²) < 4.78 is 91.7. The van der Waals surface area contributed by atoms with Crippen molar-refractivity contribution in [2.75, 3.05) is 5.32 Å². The van der Waals surface area contributed by atoms with Crippen LogP contribution in [0.4, 0.5) is 36.4 Å². The van der Waals surface area contributed by atoms with Gasteiger partial charge in [-0.25, -0.2) is 9.38 Å². The van der Waals surface area contributed by atoms with Gasteiger partial charge in [0.15, 0.2) is 0 Å². The summed E-state index contributed by atoms with van der Waals surface area (Å²) in [6, 6.07) is 9.41. The smallest absolute Gasteiger partial charge is 0.389 e. The summed E-state index contributed by atoms with van der Waals surface area (Å²) in [5, 5.41) is 14.3. The number of aliphatic hydroxyl groups is 1. The summed E-state index contributed by atoms with van der Waals surface area (Å²) in [6.45, 7) is -0.546. The second-order valence-corrected chi connectivity index (χ2v) is 9.31. The summed E-state index contributed by atoms with van der Waals surface area (Å²) in [7, 11) is 0. The lowest BCUT2D eigenvalue weighted by atomic mass is 9.83. The van der Waals surface area contributed by atoms with Gasteiger partial charge in [0, 0.05) is 41.4 Å². The Morgan fingerprint density at radius 3 is 2.17 bits per heavy atom. The number of benzodiazepines with no additional fused rings is 1. The second kappa shape index (κ2) is 12.7. The Morgan fingerprint density at radius 2 is 1.61 bits per heavy atom. The van der Waals surface area contributed by atoms with E-state index in [0.717, 1.165) is 12.1 Å². The van der Waals surface area contributed by atoms with Crippen molar-refractivity contribution >= 4 is 29.1 Å². The molecule has 1 aliphatic rings. The van der Waals surface area contributed by atoms with Crippen LogP contribution in [0.3, 0.4) is 0 Å². The molecule has 0 bridgehead atoms. The standard InChI is InChI=1S/C26H25F7N4O4/c27-15-5-1-3-13(11-15)19-18-6-2-4-14(12-38)20(18)36-24(41)22(35-19)37-23(40)17(8-10-26(31,32)33)16(21(34)39)7-9-25(28,29)30/h1-6,11,16-17,22,38H,7-10,12H2,(H2,34,39)(H,36,41)(H,37,40)/t16-,17+,22-/m1/s1. The van der Waals surface area contributed by atoms with Gasteiger partial charge < -0.3 is 21.5 Å². The van der Waals surface area contributed by atoms with Crippen LogP contribution in [0, 0.1) is 17.7 Å². The van der Waals surface area contributed by atoms with Crippen LogP contribution in [-0.2, 0) is 21.0 Å². The fraction of sp³-hybridized carbons (Fsp3) is 0.385. The number of para-hydroxylation sites is 1. The van der Waals surface area contributed by atoms with E-state index in [1.807, 2.05) is 0 Å². The SMILES string of the molecule is NC(=O)[C@H](CCC(F)(F)F)[C@H](CCC(F)(F)F)C(=O)N[C@H]1N=C(c2cccc(F)c2)c2cccc(CO)c2NC1=O. The normalized spacial score (nSPS) is 17.0. The number of anilines is 1. The average molecular weight is 590 g/mol. The van der Waals surface area contributed by atoms with Crippen molar-refractivity contribution in [3.8, 4) is 0 Å². The fourth-order valence-electron chi connectivity index (χ4n) is 4.43. The molecule has 0 aromatic heterocycles. The van der Waals surface area contributed by atoms with Gasteiger partial charge in [0.05, 0.1) is 18.0 Å². The predicted molar refractivity (Wildman–Crippen MR) is 132 cm³/mol. The number of aliphatic imine (C=N–C) groups is 1. The third kappa shape index (κ3) is 8.49. The van der Waals surface area contributed by atoms with Gasteiger partial charge in [-0.05, 0) is 25.0 Å². The van der Waals surface area contributed by atoms with Crippen molar-refractivity contribution in [3.05, 3.63) is 65.0 Å². The summed E-state index contributed by atoms with van der Waals surface area (Å²) in [6.07, 6.45) is -16.9. The molecule has 1 heterocycles. The molecular weight excluding hydrogens is 565 g/mol. The van der Waals surface area contributed by atoms with E-state index in [9.17, 15) is 50.2 Å². The first kappa shape index (κ1) is 31.5. The highest BCUT2D eigenvalue weighted by molar-refractivity contribution is 6.20. The highest BCUT2D eigenvalue weighted by Crippen LogP contribution is 2.33. The molecule has 222 valence electrons. The van der Waals surface area contributed by atoms with Crippen molar-refractivity contribution in [2.24, 2.45) is 22.6 Å². The number of hydrogen-bond donors (Lipinski definition) is 4. The number of nitrogens with one attached hydrogen (secondary N) is 2. The number of alkyl halides is 6. The Morgan fingerprint density at radius 1 is 1.00 bits per heavy atom. The first-order valence-electron chi connectivity index (χ1n) is 12.2. The number of benzene rings is 2. The Hall–Kier alpha value is -4.01. The van der Waals surface area contributed by atoms with Crippen LogP contribution in [0.5, 0.6) is 0 Å². The molecule has 15 heteroatoms. The number of nitrogens with two attached hydrogens (primary N) is 1. The summed E-state index contributed by atoms with van der Waals surface area (Å²) in [5.74, 6) is -8.43. The predicted octanol–water partition coefficient (Wildman–Crippen LogP) is 3.95. The van der Waals surface area contributed by atoms with E-state index in [1.165, 1.54) is 30.3 Å². The molecule has 0 saturated heterocycles. The quantitative estimate of drug-likeness (QED) is 0.312. The maximum Gasteiger partial charge on any atom is 0.389 e. The molecule has 0 radical (unpaired) electrons. The molecule has 5 N–H and O–H groups in total. The van der Waals surface area contributed by atoms with E-state index in [4.69, 9.17) is 5.73 Å². The van der Waals surface area contributed by atoms with Crippen LogP contribution in [0.25, 0.3) is 0 Å². The number of fused-ring (bicyclic) bond motifs is 1. The number of primary amides is 1. The van der Waals surface area contributed by atoms with Crippen molar-refractivity contribution in [3.63, 3.8) is 0 Å². The zero-order chi connectivity index (χ0) is 30.5. The van der Waals surface area contributed by atoms with E-state index in [2.05, 4.69) is 15.6 Å². The van der Waals surface area contributed by atoms with Crippen LogP contribution in [0.2, 0.25) is 0 Å². The molecule has 8 nitrogen and oxygen atoms in total. The minimum Gasteiger partial charge on any atom is -0.392 e. The lowest BCUT2D eigenvalue weighted by Gasteiger charge is -2.26. The Balaban J connectivity index is 2.04. The molecule has 2 aromatic rings. The molecular formula is C26H25F7N4O4. The first-order valence-corrected chi connectivity index (χ1v) is 12.2. The Bertz CT molecular complexity index is 1330. The number of carbonyl (C=O) groups excluding carboxylic acids is 3.